The van der Waals surface area contributed by atoms with Crippen molar-refractivity contribution >= 4 is 22.8 Å². The Balaban J connectivity index is 1.44. The van der Waals surface area contributed by atoms with E-state index in [1.165, 1.54) is 0 Å². The fourth-order valence-electron chi connectivity index (χ4n) is 3.80. The summed E-state index contributed by atoms with van der Waals surface area (Å²) < 4.78 is 5.40. The van der Waals surface area contributed by atoms with Gasteiger partial charge in [-0.25, -0.2) is 4.79 Å². The van der Waals surface area contributed by atoms with E-state index in [2.05, 4.69) is 10.2 Å². The minimum absolute atomic E-state index is 0.297. The Hall–Kier alpha value is -3.25. The predicted octanol–water partition coefficient (Wildman–Crippen LogP) is 2.74. The van der Waals surface area contributed by atoms with Crippen LogP contribution in [0.4, 0.5) is 0 Å². The number of rotatable bonds is 6. The quantitative estimate of drug-likeness (QED) is 0.641. The topological polar surface area (TPSA) is 71.5 Å². The van der Waals surface area contributed by atoms with Crippen molar-refractivity contribution in [1.29, 1.82) is 0 Å². The summed E-state index contributed by atoms with van der Waals surface area (Å²) in [5, 5.41) is 3.57. The van der Waals surface area contributed by atoms with Crippen molar-refractivity contribution in [2.24, 2.45) is 0 Å². The molecule has 2 aromatic carbocycles. The van der Waals surface area contributed by atoms with Gasteiger partial charge in [-0.2, -0.15) is 0 Å². The number of nitrogens with zero attached hydrogens (tertiary/aromatic N) is 2. The van der Waals surface area contributed by atoms with Gasteiger partial charge in [0.2, 0.25) is 0 Å². The number of amides is 1. The number of likely N-dealkylation sites (N-methyl/N-ethyl adjacent to an activating group) is 1. The van der Waals surface area contributed by atoms with Crippen LogP contribution in [0.15, 0.2) is 54.6 Å². The minimum atomic E-state index is -0.474. The van der Waals surface area contributed by atoms with Gasteiger partial charge in [-0.15, -0.1) is 0 Å². The van der Waals surface area contributed by atoms with Crippen molar-refractivity contribution in [1.82, 2.24) is 15.2 Å². The van der Waals surface area contributed by atoms with E-state index in [1.54, 1.807) is 0 Å². The van der Waals surface area contributed by atoms with E-state index in [0.29, 0.717) is 18.7 Å². The number of fused-ring (bicyclic) bond motifs is 2. The maximum absolute atomic E-state index is 13.0. The van der Waals surface area contributed by atoms with Crippen LogP contribution in [0.5, 0.6) is 0 Å². The van der Waals surface area contributed by atoms with Gasteiger partial charge in [0.25, 0.3) is 5.91 Å². The van der Waals surface area contributed by atoms with Gasteiger partial charge in [0.15, 0.2) is 6.61 Å². The average Bonchev–Trinajstić information content (AvgIpc) is 2.76. The number of carbonyl (C=O) groups excluding carboxylic acids is 2. The lowest BCUT2D eigenvalue weighted by atomic mass is 9.96. The number of carbonyl (C=O) groups is 2. The molecule has 1 aliphatic heterocycles. The zero-order valence-corrected chi connectivity index (χ0v) is 17.1. The van der Waals surface area contributed by atoms with E-state index < -0.39 is 5.97 Å². The molecule has 0 spiro atoms. The van der Waals surface area contributed by atoms with Gasteiger partial charge in [-0.1, -0.05) is 48.5 Å². The van der Waals surface area contributed by atoms with Gasteiger partial charge < -0.3 is 15.0 Å². The molecule has 6 nitrogen and oxygen atoms in total. The number of hydrogen-bond donors (Lipinski definition) is 1. The molecule has 0 bridgehead atoms. The number of pyridine rings is 1. The molecule has 154 valence electrons. The van der Waals surface area contributed by atoms with E-state index in [-0.39, 0.29) is 12.5 Å². The van der Waals surface area contributed by atoms with Crippen LogP contribution < -0.4 is 5.32 Å². The zero-order chi connectivity index (χ0) is 20.9. The maximum Gasteiger partial charge on any atom is 0.339 e. The molecule has 0 atom stereocenters. The number of ether oxygens (including phenoxy) is 1. The van der Waals surface area contributed by atoms with Crippen LogP contribution in [0.3, 0.4) is 0 Å². The standard InChI is InChI=1S/C24H25N3O3/c1-27-14-12-21-19(15-27)23(18-9-5-6-10-20(18)26-21)24(29)30-16-22(28)25-13-11-17-7-3-2-4-8-17/h2-10H,11-16H2,1H3,(H,25,28). The summed E-state index contributed by atoms with van der Waals surface area (Å²) >= 11 is 0. The monoisotopic (exact) mass is 403 g/mol. The molecular weight excluding hydrogens is 378 g/mol. The lowest BCUT2D eigenvalue weighted by Gasteiger charge is -2.26. The van der Waals surface area contributed by atoms with Crippen molar-refractivity contribution in [3.05, 3.63) is 77.0 Å². The molecule has 1 aliphatic rings. The van der Waals surface area contributed by atoms with Crippen LogP contribution in [-0.2, 0) is 28.9 Å². The summed E-state index contributed by atoms with van der Waals surface area (Å²) in [5.41, 5.74) is 4.29. The molecular formula is C24H25N3O3. The fraction of sp³-hybridized carbons (Fsp3) is 0.292. The second kappa shape index (κ2) is 9.05. The highest BCUT2D eigenvalue weighted by Gasteiger charge is 2.25. The average molecular weight is 403 g/mol. The molecule has 0 saturated carbocycles. The van der Waals surface area contributed by atoms with Crippen molar-refractivity contribution in [2.45, 2.75) is 19.4 Å². The van der Waals surface area contributed by atoms with Crippen LogP contribution in [0, 0.1) is 0 Å². The molecule has 4 rings (SSSR count). The van der Waals surface area contributed by atoms with Crippen molar-refractivity contribution in [3.63, 3.8) is 0 Å². The normalized spacial score (nSPS) is 13.6. The fourth-order valence-corrected chi connectivity index (χ4v) is 3.80. The highest BCUT2D eigenvalue weighted by molar-refractivity contribution is 6.05. The first-order chi connectivity index (χ1) is 14.6. The van der Waals surface area contributed by atoms with Gasteiger partial charge in [0.1, 0.15) is 0 Å². The molecule has 3 aromatic rings. The van der Waals surface area contributed by atoms with Crippen LogP contribution >= 0.6 is 0 Å². The molecule has 0 saturated heterocycles. The van der Waals surface area contributed by atoms with E-state index in [4.69, 9.17) is 9.72 Å². The molecule has 0 radical (unpaired) electrons. The first-order valence-electron chi connectivity index (χ1n) is 10.2. The largest absolute Gasteiger partial charge is 0.452 e. The molecule has 1 aromatic heterocycles. The second-order valence-corrected chi connectivity index (χ2v) is 7.58. The maximum atomic E-state index is 13.0. The van der Waals surface area contributed by atoms with Crippen LogP contribution in [-0.4, -0.2) is 48.5 Å². The summed E-state index contributed by atoms with van der Waals surface area (Å²) in [6.07, 6.45) is 1.52. The van der Waals surface area contributed by atoms with E-state index >= 15 is 0 Å². The Labute approximate surface area is 175 Å². The van der Waals surface area contributed by atoms with Gasteiger partial charge >= 0.3 is 5.97 Å². The Bertz CT molecular complexity index is 1070. The van der Waals surface area contributed by atoms with Gasteiger partial charge in [0.05, 0.1) is 11.1 Å². The molecule has 30 heavy (non-hydrogen) atoms. The lowest BCUT2D eigenvalue weighted by molar-refractivity contribution is -0.124. The first-order valence-corrected chi connectivity index (χ1v) is 10.2. The summed E-state index contributed by atoms with van der Waals surface area (Å²) in [6, 6.07) is 17.5. The number of esters is 1. The van der Waals surface area contributed by atoms with Crippen molar-refractivity contribution in [3.8, 4) is 0 Å². The summed E-state index contributed by atoms with van der Waals surface area (Å²) in [5.74, 6) is -0.776. The molecule has 2 heterocycles. The van der Waals surface area contributed by atoms with E-state index in [9.17, 15) is 9.59 Å². The number of hydrogen-bond acceptors (Lipinski definition) is 5. The Morgan fingerprint density at radius 1 is 1.10 bits per heavy atom. The Morgan fingerprint density at radius 2 is 1.87 bits per heavy atom. The van der Waals surface area contributed by atoms with Gasteiger partial charge in [-0.05, 0) is 25.1 Å². The molecule has 1 amide bonds. The van der Waals surface area contributed by atoms with Crippen LogP contribution in [0.25, 0.3) is 10.9 Å². The lowest BCUT2D eigenvalue weighted by Crippen LogP contribution is -2.32. The van der Waals surface area contributed by atoms with Crippen LogP contribution in [0.1, 0.15) is 27.2 Å². The number of benzene rings is 2. The third kappa shape index (κ3) is 4.49. The Morgan fingerprint density at radius 3 is 2.70 bits per heavy atom. The van der Waals surface area contributed by atoms with Gasteiger partial charge in [0, 0.05) is 42.7 Å². The van der Waals surface area contributed by atoms with E-state index in [1.807, 2.05) is 61.6 Å². The highest BCUT2D eigenvalue weighted by Crippen LogP contribution is 2.28. The van der Waals surface area contributed by atoms with E-state index in [0.717, 1.165) is 47.1 Å². The number of para-hydroxylation sites is 1. The SMILES string of the molecule is CN1CCc2nc3ccccc3c(C(=O)OCC(=O)NCCc3ccccc3)c2C1. The number of aromatic nitrogens is 1. The Kier molecular flexibility index (Phi) is 6.05. The van der Waals surface area contributed by atoms with Crippen molar-refractivity contribution < 1.29 is 14.3 Å². The predicted molar refractivity (Wildman–Crippen MR) is 115 cm³/mol. The summed E-state index contributed by atoms with van der Waals surface area (Å²) in [6.45, 7) is 1.74. The number of nitrogens with one attached hydrogen (secondary N) is 1. The smallest absolute Gasteiger partial charge is 0.339 e. The van der Waals surface area contributed by atoms with Crippen LogP contribution in [0.2, 0.25) is 0 Å². The zero-order valence-electron chi connectivity index (χ0n) is 17.1. The molecule has 6 heteroatoms. The molecule has 0 unspecified atom stereocenters. The molecule has 0 fully saturated rings. The van der Waals surface area contributed by atoms with Gasteiger partial charge in [-0.3, -0.25) is 9.78 Å². The third-order valence-electron chi connectivity index (χ3n) is 5.35. The summed E-state index contributed by atoms with van der Waals surface area (Å²) in [7, 11) is 2.02. The highest BCUT2D eigenvalue weighted by atomic mass is 16.5. The van der Waals surface area contributed by atoms with Crippen molar-refractivity contribution in [2.75, 3.05) is 26.7 Å². The minimum Gasteiger partial charge on any atom is -0.452 e. The molecule has 1 N–H and O–H groups in total. The third-order valence-corrected chi connectivity index (χ3v) is 5.35. The second-order valence-electron chi connectivity index (χ2n) is 7.58. The molecule has 0 aliphatic carbocycles. The first kappa shape index (κ1) is 20.0. The summed E-state index contributed by atoms with van der Waals surface area (Å²) in [4.78, 5) is 32.1.